The summed E-state index contributed by atoms with van der Waals surface area (Å²) in [5, 5.41) is 0. The first-order valence-electron chi connectivity index (χ1n) is 4.04. The summed E-state index contributed by atoms with van der Waals surface area (Å²) in [5.41, 5.74) is 0. The molecule has 2 heteroatoms. The van der Waals surface area contributed by atoms with E-state index in [0.717, 1.165) is 12.3 Å². The molecular formula is C8H17FS. The molecule has 0 amide bonds. The van der Waals surface area contributed by atoms with Gasteiger partial charge in [0.05, 0.1) is 0 Å². The largest absolute Gasteiger partial charge is 0.165 e. The Morgan fingerprint density at radius 3 is 2.60 bits per heavy atom. The molecule has 0 radical (unpaired) electrons. The smallest absolute Gasteiger partial charge is 0.0443 e. The second kappa shape index (κ2) is 7.39. The van der Waals surface area contributed by atoms with Gasteiger partial charge in [0.25, 0.3) is 0 Å². The molecule has 0 aromatic heterocycles. The van der Waals surface area contributed by atoms with Gasteiger partial charge in [-0.05, 0) is 18.8 Å². The van der Waals surface area contributed by atoms with E-state index in [0.29, 0.717) is 17.9 Å². The summed E-state index contributed by atoms with van der Waals surface area (Å²) in [4.78, 5) is 0. The Balaban J connectivity index is 2.97. The van der Waals surface area contributed by atoms with Crippen molar-refractivity contribution in [3.05, 3.63) is 0 Å². The number of hydrogen-bond donors (Lipinski definition) is 0. The summed E-state index contributed by atoms with van der Waals surface area (Å²) in [5.74, 6) is 1.46. The zero-order valence-corrected chi connectivity index (χ0v) is 7.72. The van der Waals surface area contributed by atoms with Gasteiger partial charge in [0.15, 0.2) is 0 Å². The van der Waals surface area contributed by atoms with Crippen LogP contribution in [0.4, 0.5) is 3.89 Å². The number of hydrogen-bond acceptors (Lipinski definition) is 1. The fourth-order valence-corrected chi connectivity index (χ4v) is 1.40. The molecule has 0 aliphatic heterocycles. The summed E-state index contributed by atoms with van der Waals surface area (Å²) in [7, 11) is 0. The van der Waals surface area contributed by atoms with Gasteiger partial charge in [0, 0.05) is 17.9 Å². The molecule has 0 N–H and O–H groups in total. The summed E-state index contributed by atoms with van der Waals surface area (Å²) in [6, 6.07) is 0. The molecule has 0 rings (SSSR count). The van der Waals surface area contributed by atoms with E-state index < -0.39 is 0 Å². The van der Waals surface area contributed by atoms with Crippen LogP contribution in [0.2, 0.25) is 0 Å². The molecule has 0 nitrogen and oxygen atoms in total. The van der Waals surface area contributed by atoms with E-state index in [1.807, 2.05) is 0 Å². The third-order valence-electron chi connectivity index (χ3n) is 1.70. The Hall–Kier alpha value is 0.280. The van der Waals surface area contributed by atoms with Gasteiger partial charge in [-0.3, -0.25) is 0 Å². The fourth-order valence-electron chi connectivity index (χ4n) is 1.12. The average molecular weight is 164 g/mol. The van der Waals surface area contributed by atoms with Crippen LogP contribution in [0.3, 0.4) is 0 Å². The molecule has 0 bridgehead atoms. The van der Waals surface area contributed by atoms with Crippen molar-refractivity contribution in [3.63, 3.8) is 0 Å². The lowest BCUT2D eigenvalue weighted by Gasteiger charge is -2.07. The van der Waals surface area contributed by atoms with Crippen molar-refractivity contribution in [2.45, 2.75) is 39.5 Å². The van der Waals surface area contributed by atoms with Crippen molar-refractivity contribution >= 4 is 12.1 Å². The van der Waals surface area contributed by atoms with Crippen LogP contribution in [0.25, 0.3) is 0 Å². The molecule has 0 aromatic rings. The Morgan fingerprint density at radius 2 is 2.10 bits per heavy atom. The van der Waals surface area contributed by atoms with E-state index in [1.54, 1.807) is 0 Å². The fraction of sp³-hybridized carbons (Fsp3) is 1.00. The van der Waals surface area contributed by atoms with Crippen LogP contribution in [0.1, 0.15) is 39.5 Å². The van der Waals surface area contributed by atoms with Gasteiger partial charge < -0.3 is 0 Å². The first-order valence-corrected chi connectivity index (χ1v) is 4.93. The van der Waals surface area contributed by atoms with Crippen molar-refractivity contribution in [2.75, 3.05) is 5.75 Å². The van der Waals surface area contributed by atoms with Crippen LogP contribution in [-0.4, -0.2) is 5.75 Å². The highest BCUT2D eigenvalue weighted by atomic mass is 32.2. The van der Waals surface area contributed by atoms with Gasteiger partial charge >= 0.3 is 0 Å². The molecule has 0 saturated carbocycles. The Bertz CT molecular complexity index is 66.3. The molecule has 0 saturated heterocycles. The highest BCUT2D eigenvalue weighted by molar-refractivity contribution is 7.94. The predicted octanol–water partition coefficient (Wildman–Crippen LogP) is 3.82. The zero-order valence-electron chi connectivity index (χ0n) is 6.90. The number of halogens is 1. The van der Waals surface area contributed by atoms with Crippen molar-refractivity contribution in [2.24, 2.45) is 5.92 Å². The SMILES string of the molecule is CCCC(C)CCCSF. The van der Waals surface area contributed by atoms with E-state index in [1.165, 1.54) is 19.3 Å². The van der Waals surface area contributed by atoms with E-state index in [4.69, 9.17) is 0 Å². The van der Waals surface area contributed by atoms with E-state index in [-0.39, 0.29) is 0 Å². The lowest BCUT2D eigenvalue weighted by Crippen LogP contribution is -1.93. The van der Waals surface area contributed by atoms with E-state index >= 15 is 0 Å². The highest BCUT2D eigenvalue weighted by Gasteiger charge is 1.99. The molecule has 0 fully saturated rings. The molecule has 10 heavy (non-hydrogen) atoms. The van der Waals surface area contributed by atoms with Gasteiger partial charge in [-0.2, -0.15) is 3.89 Å². The molecule has 0 aliphatic rings. The molecule has 1 atom stereocenters. The second-order valence-electron chi connectivity index (χ2n) is 2.85. The van der Waals surface area contributed by atoms with Crippen molar-refractivity contribution in [1.82, 2.24) is 0 Å². The first-order chi connectivity index (χ1) is 4.81. The van der Waals surface area contributed by atoms with Gasteiger partial charge in [-0.15, -0.1) is 0 Å². The van der Waals surface area contributed by atoms with Gasteiger partial charge in [0.2, 0.25) is 0 Å². The topological polar surface area (TPSA) is 0 Å². The maximum atomic E-state index is 11.5. The molecule has 62 valence electrons. The molecule has 1 unspecified atom stereocenters. The molecular weight excluding hydrogens is 147 g/mol. The minimum Gasteiger partial charge on any atom is -0.165 e. The molecule has 0 aliphatic carbocycles. The van der Waals surface area contributed by atoms with Crippen LogP contribution in [0.5, 0.6) is 0 Å². The predicted molar refractivity (Wildman–Crippen MR) is 46.9 cm³/mol. The van der Waals surface area contributed by atoms with Crippen molar-refractivity contribution in [3.8, 4) is 0 Å². The minimum absolute atomic E-state index is 0.462. The van der Waals surface area contributed by atoms with E-state index in [2.05, 4.69) is 13.8 Å². The molecule has 0 aromatic carbocycles. The third kappa shape index (κ3) is 6.40. The molecule has 0 spiro atoms. The average Bonchev–Trinajstić information content (AvgIpc) is 1.89. The summed E-state index contributed by atoms with van der Waals surface area (Å²) < 4.78 is 11.5. The minimum atomic E-state index is 0.462. The van der Waals surface area contributed by atoms with Crippen LogP contribution >= 0.6 is 12.1 Å². The zero-order chi connectivity index (χ0) is 7.82. The van der Waals surface area contributed by atoms with Gasteiger partial charge in [-0.25, -0.2) is 0 Å². The standard InChI is InChI=1S/C8H17FS/c1-3-5-8(2)6-4-7-10-9/h8H,3-7H2,1-2H3. The van der Waals surface area contributed by atoms with Crippen LogP contribution in [-0.2, 0) is 0 Å². The van der Waals surface area contributed by atoms with Crippen LogP contribution in [0, 0.1) is 5.92 Å². The lowest BCUT2D eigenvalue weighted by molar-refractivity contribution is 0.482. The molecule has 0 heterocycles. The monoisotopic (exact) mass is 164 g/mol. The van der Waals surface area contributed by atoms with Crippen LogP contribution < -0.4 is 0 Å². The third-order valence-corrected chi connectivity index (χ3v) is 2.14. The summed E-state index contributed by atoms with van der Waals surface area (Å²) in [6.07, 6.45) is 4.76. The van der Waals surface area contributed by atoms with Crippen molar-refractivity contribution < 1.29 is 3.89 Å². The maximum Gasteiger partial charge on any atom is 0.0443 e. The summed E-state index contributed by atoms with van der Waals surface area (Å²) >= 11 is 0.462. The first kappa shape index (κ1) is 10.3. The van der Waals surface area contributed by atoms with E-state index in [9.17, 15) is 3.89 Å². The van der Waals surface area contributed by atoms with Crippen LogP contribution in [0.15, 0.2) is 0 Å². The second-order valence-corrected chi connectivity index (χ2v) is 3.48. The number of rotatable bonds is 6. The normalized spacial score (nSPS) is 13.5. The Kier molecular flexibility index (Phi) is 7.59. The highest BCUT2D eigenvalue weighted by Crippen LogP contribution is 2.14. The van der Waals surface area contributed by atoms with Gasteiger partial charge in [-0.1, -0.05) is 26.7 Å². The maximum absolute atomic E-state index is 11.5. The Morgan fingerprint density at radius 1 is 1.40 bits per heavy atom. The quantitative estimate of drug-likeness (QED) is 0.538. The van der Waals surface area contributed by atoms with Gasteiger partial charge in [0.1, 0.15) is 0 Å². The Labute approximate surface area is 67.9 Å². The lowest BCUT2D eigenvalue weighted by atomic mass is 10.0. The summed E-state index contributed by atoms with van der Waals surface area (Å²) in [6.45, 7) is 4.44. The van der Waals surface area contributed by atoms with Crippen molar-refractivity contribution in [1.29, 1.82) is 0 Å².